The Labute approximate surface area is 194 Å². The zero-order valence-corrected chi connectivity index (χ0v) is 19.5. The topological polar surface area (TPSA) is 84.9 Å². The normalized spacial score (nSPS) is 15.5. The van der Waals surface area contributed by atoms with Crippen LogP contribution in [0.5, 0.6) is 11.5 Å². The number of ether oxygens (including phenoxy) is 2. The maximum atomic E-state index is 13.5. The van der Waals surface area contributed by atoms with Crippen LogP contribution in [0.3, 0.4) is 0 Å². The summed E-state index contributed by atoms with van der Waals surface area (Å²) in [6.07, 6.45) is -1.02. The molecule has 3 aromatic carbocycles. The molecule has 0 bridgehead atoms. The highest BCUT2D eigenvalue weighted by atomic mass is 32.2. The van der Waals surface area contributed by atoms with Gasteiger partial charge in [0.25, 0.3) is 15.9 Å². The Hall–Kier alpha value is -3.52. The molecular weight excluding hydrogens is 440 g/mol. The lowest BCUT2D eigenvalue weighted by molar-refractivity contribution is -0.122. The van der Waals surface area contributed by atoms with Crippen LogP contribution < -0.4 is 19.1 Å². The van der Waals surface area contributed by atoms with Crippen molar-refractivity contribution in [1.29, 1.82) is 0 Å². The quantitative estimate of drug-likeness (QED) is 0.582. The Morgan fingerprint density at radius 3 is 2.33 bits per heavy atom. The monoisotopic (exact) mass is 466 g/mol. The van der Waals surface area contributed by atoms with Crippen molar-refractivity contribution in [2.24, 2.45) is 0 Å². The number of sulfonamides is 1. The second kappa shape index (κ2) is 9.15. The van der Waals surface area contributed by atoms with Crippen LogP contribution in [0.25, 0.3) is 0 Å². The number of amides is 1. The number of benzene rings is 3. The van der Waals surface area contributed by atoms with Gasteiger partial charge in [0.05, 0.1) is 24.2 Å². The molecule has 1 aliphatic rings. The maximum absolute atomic E-state index is 13.5. The Balaban J connectivity index is 1.61. The fourth-order valence-corrected chi connectivity index (χ4v) is 5.09. The fourth-order valence-electron chi connectivity index (χ4n) is 3.62. The van der Waals surface area contributed by atoms with Crippen molar-refractivity contribution in [3.05, 3.63) is 78.4 Å². The van der Waals surface area contributed by atoms with Crippen LogP contribution in [0.1, 0.15) is 25.3 Å². The molecule has 33 heavy (non-hydrogen) atoms. The molecule has 1 N–H and O–H groups in total. The molecule has 1 atom stereocenters. The van der Waals surface area contributed by atoms with Crippen molar-refractivity contribution in [1.82, 2.24) is 0 Å². The van der Waals surface area contributed by atoms with Crippen molar-refractivity contribution in [2.45, 2.75) is 30.8 Å². The van der Waals surface area contributed by atoms with E-state index < -0.39 is 22.0 Å². The molecule has 0 fully saturated rings. The highest BCUT2D eigenvalue weighted by Gasteiger charge is 2.37. The van der Waals surface area contributed by atoms with Gasteiger partial charge in [0, 0.05) is 5.69 Å². The molecule has 0 saturated heterocycles. The standard InChI is InChI=1S/C25H26N2O5S/c1-17(2)18-8-10-19(11-9-18)26-25(28)24-16-27(22-6-4-5-7-23(22)32-24)33(29,30)21-14-12-20(31-3)13-15-21/h4-15,17,24H,16H2,1-3H3,(H,26,28)/t24-/m1/s1. The first kappa shape index (κ1) is 22.7. The number of hydrogen-bond donors (Lipinski definition) is 1. The summed E-state index contributed by atoms with van der Waals surface area (Å²) in [5, 5.41) is 2.83. The van der Waals surface area contributed by atoms with E-state index in [9.17, 15) is 13.2 Å². The van der Waals surface area contributed by atoms with Gasteiger partial charge in [0.2, 0.25) is 0 Å². The number of carbonyl (C=O) groups is 1. The van der Waals surface area contributed by atoms with Crippen LogP contribution in [0.4, 0.5) is 11.4 Å². The number of anilines is 2. The van der Waals surface area contributed by atoms with Crippen molar-refractivity contribution in [2.75, 3.05) is 23.3 Å². The van der Waals surface area contributed by atoms with Gasteiger partial charge in [-0.15, -0.1) is 0 Å². The lowest BCUT2D eigenvalue weighted by Gasteiger charge is -2.34. The molecule has 3 aromatic rings. The molecule has 0 spiro atoms. The van der Waals surface area contributed by atoms with E-state index in [-0.39, 0.29) is 11.4 Å². The van der Waals surface area contributed by atoms with Crippen LogP contribution >= 0.6 is 0 Å². The number of nitrogens with one attached hydrogen (secondary N) is 1. The summed E-state index contributed by atoms with van der Waals surface area (Å²) in [6.45, 7) is 4.04. The predicted molar refractivity (Wildman–Crippen MR) is 128 cm³/mol. The molecule has 7 nitrogen and oxygen atoms in total. The summed E-state index contributed by atoms with van der Waals surface area (Å²) in [4.78, 5) is 13.1. The van der Waals surface area contributed by atoms with Gasteiger partial charge in [-0.2, -0.15) is 0 Å². The lowest BCUT2D eigenvalue weighted by atomic mass is 10.0. The van der Waals surface area contributed by atoms with Crippen LogP contribution in [-0.2, 0) is 14.8 Å². The maximum Gasteiger partial charge on any atom is 0.267 e. The number of nitrogens with zero attached hydrogens (tertiary/aromatic N) is 1. The van der Waals surface area contributed by atoms with Gasteiger partial charge >= 0.3 is 0 Å². The molecule has 0 unspecified atom stereocenters. The molecule has 8 heteroatoms. The van der Waals surface area contributed by atoms with Gasteiger partial charge in [0.1, 0.15) is 11.5 Å². The number of fused-ring (bicyclic) bond motifs is 1. The predicted octanol–water partition coefficient (Wildman–Crippen LogP) is 4.41. The minimum absolute atomic E-state index is 0.100. The van der Waals surface area contributed by atoms with E-state index >= 15 is 0 Å². The number of rotatable bonds is 6. The summed E-state index contributed by atoms with van der Waals surface area (Å²) < 4.78 is 39.2. The first-order chi connectivity index (χ1) is 15.8. The average Bonchev–Trinajstić information content (AvgIpc) is 2.83. The number of para-hydroxylation sites is 2. The number of methoxy groups -OCH3 is 1. The van der Waals surface area contributed by atoms with Crippen LogP contribution in [0.15, 0.2) is 77.7 Å². The van der Waals surface area contributed by atoms with E-state index in [0.717, 1.165) is 5.56 Å². The fraction of sp³-hybridized carbons (Fsp3) is 0.240. The largest absolute Gasteiger partial charge is 0.497 e. The van der Waals surface area contributed by atoms with E-state index in [1.807, 2.05) is 24.3 Å². The van der Waals surface area contributed by atoms with Gasteiger partial charge in [-0.05, 0) is 60.0 Å². The van der Waals surface area contributed by atoms with E-state index in [2.05, 4.69) is 19.2 Å². The second-order valence-electron chi connectivity index (χ2n) is 8.05. The molecule has 0 aliphatic carbocycles. The first-order valence-corrected chi connectivity index (χ1v) is 12.1. The minimum atomic E-state index is -3.94. The smallest absolute Gasteiger partial charge is 0.267 e. The molecule has 0 saturated carbocycles. The SMILES string of the molecule is COc1ccc(S(=O)(=O)N2C[C@H](C(=O)Nc3ccc(C(C)C)cc3)Oc3ccccc32)cc1. The van der Waals surface area contributed by atoms with E-state index in [4.69, 9.17) is 9.47 Å². The molecule has 0 aromatic heterocycles. The van der Waals surface area contributed by atoms with Crippen LogP contribution in [-0.4, -0.2) is 34.1 Å². The molecule has 1 amide bonds. The Bertz CT molecular complexity index is 1240. The van der Waals surface area contributed by atoms with Crippen molar-refractivity contribution < 1.29 is 22.7 Å². The van der Waals surface area contributed by atoms with Gasteiger partial charge in [-0.3, -0.25) is 9.10 Å². The molecular formula is C25H26N2O5S. The summed E-state index contributed by atoms with van der Waals surface area (Å²) in [7, 11) is -2.42. The third kappa shape index (κ3) is 4.66. The molecule has 1 aliphatic heterocycles. The van der Waals surface area contributed by atoms with Crippen molar-refractivity contribution in [3.8, 4) is 11.5 Å². The Morgan fingerprint density at radius 2 is 1.70 bits per heavy atom. The first-order valence-electron chi connectivity index (χ1n) is 10.6. The van der Waals surface area contributed by atoms with Crippen LogP contribution in [0, 0.1) is 0 Å². The van der Waals surface area contributed by atoms with Crippen molar-refractivity contribution >= 4 is 27.3 Å². The molecule has 1 heterocycles. The molecule has 4 rings (SSSR count). The van der Waals surface area contributed by atoms with Gasteiger partial charge in [-0.25, -0.2) is 8.42 Å². The third-order valence-corrected chi connectivity index (χ3v) is 7.31. The number of carbonyl (C=O) groups excluding carboxylic acids is 1. The summed E-state index contributed by atoms with van der Waals surface area (Å²) in [5.74, 6) is 0.842. The van der Waals surface area contributed by atoms with Gasteiger partial charge in [0.15, 0.2) is 6.10 Å². The minimum Gasteiger partial charge on any atom is -0.497 e. The zero-order chi connectivity index (χ0) is 23.6. The van der Waals surface area contributed by atoms with Crippen LogP contribution in [0.2, 0.25) is 0 Å². The van der Waals surface area contributed by atoms with E-state index in [1.54, 1.807) is 36.4 Å². The average molecular weight is 467 g/mol. The summed E-state index contributed by atoms with van der Waals surface area (Å²) in [5.41, 5.74) is 2.17. The van der Waals surface area contributed by atoms with Gasteiger partial charge in [-0.1, -0.05) is 38.1 Å². The second-order valence-corrected chi connectivity index (χ2v) is 9.91. The lowest BCUT2D eigenvalue weighted by Crippen LogP contribution is -2.48. The molecule has 172 valence electrons. The summed E-state index contributed by atoms with van der Waals surface area (Å²) in [6, 6.07) is 20.5. The Morgan fingerprint density at radius 1 is 1.03 bits per heavy atom. The van der Waals surface area contributed by atoms with E-state index in [0.29, 0.717) is 28.8 Å². The number of hydrogen-bond acceptors (Lipinski definition) is 5. The zero-order valence-electron chi connectivity index (χ0n) is 18.7. The Kier molecular flexibility index (Phi) is 6.29. The van der Waals surface area contributed by atoms with E-state index in [1.165, 1.54) is 23.5 Å². The molecule has 0 radical (unpaired) electrons. The summed E-state index contributed by atoms with van der Waals surface area (Å²) >= 11 is 0. The highest BCUT2D eigenvalue weighted by Crippen LogP contribution is 2.37. The third-order valence-electron chi connectivity index (χ3n) is 5.52. The van der Waals surface area contributed by atoms with Crippen molar-refractivity contribution in [3.63, 3.8) is 0 Å². The van der Waals surface area contributed by atoms with Gasteiger partial charge < -0.3 is 14.8 Å². The highest BCUT2D eigenvalue weighted by molar-refractivity contribution is 7.92.